The summed E-state index contributed by atoms with van der Waals surface area (Å²) in [5, 5.41) is 5.09. The van der Waals surface area contributed by atoms with Crippen LogP contribution in [0.25, 0.3) is 0 Å². The van der Waals surface area contributed by atoms with Crippen molar-refractivity contribution in [2.45, 2.75) is 25.8 Å². The summed E-state index contributed by atoms with van der Waals surface area (Å²) in [5.41, 5.74) is -0.0796. The van der Waals surface area contributed by atoms with Gasteiger partial charge in [-0.2, -0.15) is 0 Å². The van der Waals surface area contributed by atoms with Gasteiger partial charge in [-0.15, -0.1) is 0 Å². The van der Waals surface area contributed by atoms with Crippen molar-refractivity contribution in [2.75, 3.05) is 0 Å². The third-order valence-electron chi connectivity index (χ3n) is 2.92. The number of carbonyl (C=O) groups is 2. The first-order valence-corrected chi connectivity index (χ1v) is 5.74. The average molecular weight is 232 g/mol. The Hall–Kier alpha value is -1.84. The third kappa shape index (κ3) is 2.02. The number of hydrogen-bond acceptors (Lipinski definition) is 2. The molecule has 1 atom stereocenters. The maximum Gasteiger partial charge on any atom is 0.322 e. The molecule has 1 unspecified atom stereocenters. The Kier molecular flexibility index (Phi) is 2.88. The van der Waals surface area contributed by atoms with Crippen molar-refractivity contribution in [3.63, 3.8) is 0 Å². The third-order valence-corrected chi connectivity index (χ3v) is 2.92. The first kappa shape index (κ1) is 11.6. The molecule has 1 aromatic carbocycles. The number of nitrogens with one attached hydrogen (secondary N) is 2. The lowest BCUT2D eigenvalue weighted by Crippen LogP contribution is -2.44. The van der Waals surface area contributed by atoms with Gasteiger partial charge in [0.1, 0.15) is 5.54 Å². The van der Waals surface area contributed by atoms with Gasteiger partial charge in [-0.1, -0.05) is 44.2 Å². The van der Waals surface area contributed by atoms with E-state index in [1.54, 1.807) is 0 Å². The Labute approximate surface area is 100 Å². The van der Waals surface area contributed by atoms with Crippen molar-refractivity contribution in [2.24, 2.45) is 5.92 Å². The molecule has 0 spiro atoms. The minimum Gasteiger partial charge on any atom is -0.319 e. The van der Waals surface area contributed by atoms with Gasteiger partial charge in [0.15, 0.2) is 0 Å². The van der Waals surface area contributed by atoms with Crippen LogP contribution in [0.4, 0.5) is 4.79 Å². The van der Waals surface area contributed by atoms with Crippen LogP contribution in [0, 0.1) is 5.92 Å². The summed E-state index contributed by atoms with van der Waals surface area (Å²) in [6.45, 7) is 4.06. The molecule has 2 rings (SSSR count). The molecule has 1 aromatic rings. The minimum absolute atomic E-state index is 0.262. The molecule has 3 amide bonds. The molecular weight excluding hydrogens is 216 g/mol. The Morgan fingerprint density at radius 3 is 2.29 bits per heavy atom. The van der Waals surface area contributed by atoms with Crippen molar-refractivity contribution in [3.05, 3.63) is 35.9 Å². The van der Waals surface area contributed by atoms with Crippen LogP contribution in [-0.2, 0) is 10.3 Å². The van der Waals surface area contributed by atoms with Gasteiger partial charge in [0.25, 0.3) is 5.91 Å². The highest BCUT2D eigenvalue weighted by atomic mass is 16.2. The van der Waals surface area contributed by atoms with E-state index in [2.05, 4.69) is 10.6 Å². The molecule has 1 fully saturated rings. The maximum absolute atomic E-state index is 12.0. The van der Waals surface area contributed by atoms with Crippen molar-refractivity contribution in [1.29, 1.82) is 0 Å². The second-order valence-electron chi connectivity index (χ2n) is 4.78. The topological polar surface area (TPSA) is 58.2 Å². The summed E-state index contributed by atoms with van der Waals surface area (Å²) in [6, 6.07) is 8.95. The molecule has 4 nitrogen and oxygen atoms in total. The van der Waals surface area contributed by atoms with Crippen LogP contribution in [0.3, 0.4) is 0 Å². The summed E-state index contributed by atoms with van der Waals surface area (Å²) in [5.74, 6) is 0.0433. The van der Waals surface area contributed by atoms with Gasteiger partial charge < -0.3 is 5.32 Å². The number of amides is 3. The predicted octanol–water partition coefficient (Wildman–Crippen LogP) is 1.77. The highest BCUT2D eigenvalue weighted by Crippen LogP contribution is 2.31. The highest BCUT2D eigenvalue weighted by molar-refractivity contribution is 6.07. The van der Waals surface area contributed by atoms with Crippen LogP contribution < -0.4 is 10.6 Å². The van der Waals surface area contributed by atoms with Gasteiger partial charge in [0, 0.05) is 0 Å². The largest absolute Gasteiger partial charge is 0.322 e. The molecule has 0 radical (unpaired) electrons. The molecule has 1 aliphatic rings. The van der Waals surface area contributed by atoms with E-state index in [0.29, 0.717) is 12.3 Å². The van der Waals surface area contributed by atoms with Crippen molar-refractivity contribution in [3.8, 4) is 0 Å². The Morgan fingerprint density at radius 2 is 1.82 bits per heavy atom. The summed E-state index contributed by atoms with van der Waals surface area (Å²) in [6.07, 6.45) is 0.592. The second kappa shape index (κ2) is 4.20. The van der Waals surface area contributed by atoms with Crippen LogP contribution in [-0.4, -0.2) is 11.9 Å². The van der Waals surface area contributed by atoms with Crippen molar-refractivity contribution in [1.82, 2.24) is 10.6 Å². The van der Waals surface area contributed by atoms with E-state index in [0.717, 1.165) is 5.56 Å². The van der Waals surface area contributed by atoms with E-state index in [-0.39, 0.29) is 5.91 Å². The predicted molar refractivity (Wildman–Crippen MR) is 64.2 cm³/mol. The smallest absolute Gasteiger partial charge is 0.319 e. The van der Waals surface area contributed by atoms with E-state index in [4.69, 9.17) is 0 Å². The van der Waals surface area contributed by atoms with Gasteiger partial charge in [-0.3, -0.25) is 10.1 Å². The van der Waals surface area contributed by atoms with E-state index in [1.165, 1.54) is 0 Å². The number of benzene rings is 1. The molecule has 0 aliphatic carbocycles. The molecule has 17 heavy (non-hydrogen) atoms. The number of carbonyl (C=O) groups excluding carboxylic acids is 2. The second-order valence-corrected chi connectivity index (χ2v) is 4.78. The first-order chi connectivity index (χ1) is 8.04. The summed E-state index contributed by atoms with van der Waals surface area (Å²) < 4.78 is 0. The van der Waals surface area contributed by atoms with E-state index in [9.17, 15) is 9.59 Å². The fourth-order valence-electron chi connectivity index (χ4n) is 2.29. The highest BCUT2D eigenvalue weighted by Gasteiger charge is 2.47. The fraction of sp³-hybridized carbons (Fsp3) is 0.385. The lowest BCUT2D eigenvalue weighted by Gasteiger charge is -2.28. The molecule has 1 heterocycles. The Balaban J connectivity index is 2.45. The molecule has 1 saturated heterocycles. The number of urea groups is 1. The monoisotopic (exact) mass is 232 g/mol. The van der Waals surface area contributed by atoms with Gasteiger partial charge in [0.05, 0.1) is 0 Å². The number of rotatable bonds is 3. The lowest BCUT2D eigenvalue weighted by atomic mass is 9.82. The fourth-order valence-corrected chi connectivity index (χ4v) is 2.29. The summed E-state index contributed by atoms with van der Waals surface area (Å²) in [4.78, 5) is 23.4. The van der Waals surface area contributed by atoms with E-state index < -0.39 is 11.6 Å². The van der Waals surface area contributed by atoms with E-state index in [1.807, 2.05) is 44.2 Å². The van der Waals surface area contributed by atoms with Gasteiger partial charge in [-0.25, -0.2) is 4.79 Å². The average Bonchev–Trinajstić information content (AvgIpc) is 2.55. The SMILES string of the molecule is CC(C)CC1(c2ccccc2)NC(=O)NC1=O. The quantitative estimate of drug-likeness (QED) is 0.780. The summed E-state index contributed by atoms with van der Waals surface area (Å²) >= 11 is 0. The number of hydrogen-bond donors (Lipinski definition) is 2. The van der Waals surface area contributed by atoms with E-state index >= 15 is 0 Å². The lowest BCUT2D eigenvalue weighted by molar-refractivity contribution is -0.124. The minimum atomic E-state index is -0.910. The molecule has 90 valence electrons. The van der Waals surface area contributed by atoms with Crippen molar-refractivity contribution >= 4 is 11.9 Å². The Bertz CT molecular complexity index is 442. The van der Waals surface area contributed by atoms with Crippen LogP contribution >= 0.6 is 0 Å². The van der Waals surface area contributed by atoms with Crippen molar-refractivity contribution < 1.29 is 9.59 Å². The first-order valence-electron chi connectivity index (χ1n) is 5.74. The van der Waals surface area contributed by atoms with Gasteiger partial charge >= 0.3 is 6.03 Å². The van der Waals surface area contributed by atoms with Gasteiger partial charge in [0.2, 0.25) is 0 Å². The summed E-state index contributed by atoms with van der Waals surface area (Å²) in [7, 11) is 0. The van der Waals surface area contributed by atoms with Crippen LogP contribution in [0.15, 0.2) is 30.3 Å². The molecule has 0 bridgehead atoms. The zero-order valence-electron chi connectivity index (χ0n) is 9.99. The zero-order chi connectivity index (χ0) is 12.5. The normalized spacial score (nSPS) is 23.7. The maximum atomic E-state index is 12.0. The molecule has 2 N–H and O–H groups in total. The van der Waals surface area contributed by atoms with Crippen LogP contribution in [0.5, 0.6) is 0 Å². The van der Waals surface area contributed by atoms with Crippen LogP contribution in [0.2, 0.25) is 0 Å². The standard InChI is InChI=1S/C13H16N2O2/c1-9(2)8-13(10-6-4-3-5-7-10)11(16)14-12(17)15-13/h3-7,9H,8H2,1-2H3,(H2,14,15,16,17). The molecule has 4 heteroatoms. The van der Waals surface area contributed by atoms with Gasteiger partial charge in [-0.05, 0) is 17.9 Å². The Morgan fingerprint density at radius 1 is 1.18 bits per heavy atom. The molecular formula is C13H16N2O2. The number of imide groups is 1. The molecule has 1 aliphatic heterocycles. The molecule has 0 aromatic heterocycles. The van der Waals surface area contributed by atoms with Crippen LogP contribution in [0.1, 0.15) is 25.8 Å². The zero-order valence-corrected chi connectivity index (χ0v) is 9.99. The molecule has 0 saturated carbocycles.